The number of nitrogens with one attached hydrogen (secondary N) is 1. The highest BCUT2D eigenvalue weighted by Crippen LogP contribution is 2.21. The molecule has 116 valence electrons. The minimum absolute atomic E-state index is 0.0346. The van der Waals surface area contributed by atoms with Gasteiger partial charge in [-0.15, -0.1) is 0 Å². The van der Waals surface area contributed by atoms with Gasteiger partial charge in [0.25, 0.3) is 0 Å². The number of aromatic nitrogens is 1. The molecule has 1 fully saturated rings. The summed E-state index contributed by atoms with van der Waals surface area (Å²) in [5.74, 6) is 1.14. The zero-order chi connectivity index (χ0) is 15.6. The van der Waals surface area contributed by atoms with Gasteiger partial charge in [0.15, 0.2) is 0 Å². The van der Waals surface area contributed by atoms with Crippen LogP contribution < -0.4 is 5.32 Å². The molecule has 1 N–H and O–H groups in total. The minimum Gasteiger partial charge on any atom is -0.444 e. The van der Waals surface area contributed by atoms with E-state index in [1.807, 2.05) is 27.7 Å². The molecule has 2 unspecified atom stereocenters. The number of rotatable bonds is 5. The van der Waals surface area contributed by atoms with Gasteiger partial charge in [0, 0.05) is 6.42 Å². The van der Waals surface area contributed by atoms with Crippen molar-refractivity contribution in [2.24, 2.45) is 5.92 Å². The van der Waals surface area contributed by atoms with Crippen molar-refractivity contribution in [2.45, 2.75) is 59.2 Å². The lowest BCUT2D eigenvalue weighted by atomic mass is 9.96. The maximum Gasteiger partial charge on any atom is 0.246 e. The lowest BCUT2D eigenvalue weighted by molar-refractivity contribution is -0.152. The Labute approximate surface area is 124 Å². The highest BCUT2D eigenvalue weighted by Gasteiger charge is 2.41. The molecule has 2 rings (SSSR count). The number of hydrogen-bond donors (Lipinski definition) is 1. The molecular weight excluding hydrogens is 270 g/mol. The molecule has 0 bridgehead atoms. The second kappa shape index (κ2) is 6.28. The Morgan fingerprint density at radius 2 is 2.10 bits per heavy atom. The zero-order valence-electron chi connectivity index (χ0n) is 13.0. The van der Waals surface area contributed by atoms with Crippen LogP contribution in [0.1, 0.15) is 45.8 Å². The van der Waals surface area contributed by atoms with Gasteiger partial charge >= 0.3 is 0 Å². The van der Waals surface area contributed by atoms with E-state index in [1.54, 1.807) is 11.1 Å². The number of carbonyl (C=O) groups is 2. The molecule has 1 saturated heterocycles. The van der Waals surface area contributed by atoms with E-state index in [2.05, 4.69) is 10.3 Å². The maximum absolute atomic E-state index is 12.5. The Balaban J connectivity index is 2.25. The van der Waals surface area contributed by atoms with E-state index in [0.29, 0.717) is 12.3 Å². The molecule has 1 aliphatic heterocycles. The third kappa shape index (κ3) is 3.09. The summed E-state index contributed by atoms with van der Waals surface area (Å²) >= 11 is 0. The summed E-state index contributed by atoms with van der Waals surface area (Å²) in [6.45, 7) is 7.98. The van der Waals surface area contributed by atoms with Gasteiger partial charge in [-0.2, -0.15) is 0 Å². The Hall–Kier alpha value is -1.85. The molecule has 1 aromatic heterocycles. The molecule has 1 aromatic rings. The van der Waals surface area contributed by atoms with Crippen LogP contribution in [0.2, 0.25) is 0 Å². The van der Waals surface area contributed by atoms with Crippen molar-refractivity contribution in [3.05, 3.63) is 17.8 Å². The van der Waals surface area contributed by atoms with Gasteiger partial charge in [0.1, 0.15) is 17.8 Å². The number of amides is 2. The number of oxazole rings is 1. The Morgan fingerprint density at radius 3 is 2.62 bits per heavy atom. The first-order valence-electron chi connectivity index (χ1n) is 7.52. The average Bonchev–Trinajstić information content (AvgIpc) is 2.89. The van der Waals surface area contributed by atoms with Crippen molar-refractivity contribution >= 4 is 11.8 Å². The zero-order valence-corrected chi connectivity index (χ0v) is 13.0. The van der Waals surface area contributed by atoms with Crippen molar-refractivity contribution in [2.75, 3.05) is 0 Å². The summed E-state index contributed by atoms with van der Waals surface area (Å²) in [7, 11) is 0. The first kappa shape index (κ1) is 15.5. The van der Waals surface area contributed by atoms with Crippen LogP contribution in [0.5, 0.6) is 0 Å². The fourth-order valence-corrected chi connectivity index (χ4v) is 2.64. The lowest BCUT2D eigenvalue weighted by Crippen LogP contribution is -2.64. The van der Waals surface area contributed by atoms with E-state index in [4.69, 9.17) is 4.42 Å². The molecular formula is C15H23N3O3. The van der Waals surface area contributed by atoms with Crippen LogP contribution in [-0.4, -0.2) is 33.8 Å². The molecule has 0 saturated carbocycles. The molecule has 6 heteroatoms. The number of carbonyl (C=O) groups excluding carboxylic acids is 2. The monoisotopic (exact) mass is 293 g/mol. The maximum atomic E-state index is 12.5. The number of piperazine rings is 1. The molecule has 0 spiro atoms. The lowest BCUT2D eigenvalue weighted by Gasteiger charge is -2.40. The first-order chi connectivity index (χ1) is 9.97. The molecule has 0 aromatic carbocycles. The van der Waals surface area contributed by atoms with E-state index in [1.165, 1.54) is 0 Å². The molecule has 2 atom stereocenters. The van der Waals surface area contributed by atoms with Gasteiger partial charge in [0.2, 0.25) is 17.7 Å². The summed E-state index contributed by atoms with van der Waals surface area (Å²) in [5.41, 5.74) is 0. The number of hydrogen-bond acceptors (Lipinski definition) is 4. The predicted octanol–water partition coefficient (Wildman–Crippen LogP) is 1.50. The van der Waals surface area contributed by atoms with E-state index in [9.17, 15) is 9.59 Å². The van der Waals surface area contributed by atoms with Crippen LogP contribution in [-0.2, 0) is 22.6 Å². The van der Waals surface area contributed by atoms with E-state index in [0.717, 1.165) is 12.2 Å². The van der Waals surface area contributed by atoms with Crippen molar-refractivity contribution in [3.63, 3.8) is 0 Å². The average molecular weight is 293 g/mol. The van der Waals surface area contributed by atoms with E-state index < -0.39 is 12.1 Å². The van der Waals surface area contributed by atoms with Crippen LogP contribution in [0.3, 0.4) is 0 Å². The van der Waals surface area contributed by atoms with E-state index >= 15 is 0 Å². The SMILES string of the molecule is CCc1cnc(CN2C(=O)C(CC)NC(=O)C2C(C)C)o1. The standard InChI is InChI=1S/C15H23N3O3/c1-5-10-7-16-12(21-10)8-18-13(9(3)4)14(19)17-11(6-2)15(18)20/h7,9,11,13H,5-6,8H2,1-4H3,(H,17,19). The van der Waals surface area contributed by atoms with Crippen LogP contribution in [0, 0.1) is 5.92 Å². The van der Waals surface area contributed by atoms with E-state index in [-0.39, 0.29) is 24.3 Å². The highest BCUT2D eigenvalue weighted by molar-refractivity contribution is 5.97. The number of aryl methyl sites for hydroxylation is 1. The van der Waals surface area contributed by atoms with Gasteiger partial charge in [-0.25, -0.2) is 4.98 Å². The normalized spacial score (nSPS) is 22.8. The fraction of sp³-hybridized carbons (Fsp3) is 0.667. The Kier molecular flexibility index (Phi) is 4.65. The molecule has 2 amide bonds. The quantitative estimate of drug-likeness (QED) is 0.892. The number of nitrogens with zero attached hydrogens (tertiary/aromatic N) is 2. The van der Waals surface area contributed by atoms with Crippen LogP contribution in [0.25, 0.3) is 0 Å². The summed E-state index contributed by atoms with van der Waals surface area (Å²) in [6.07, 6.45) is 3.01. The summed E-state index contributed by atoms with van der Waals surface area (Å²) in [5, 5.41) is 2.80. The first-order valence-corrected chi connectivity index (χ1v) is 7.52. The molecule has 1 aliphatic rings. The van der Waals surface area contributed by atoms with Crippen LogP contribution in [0.15, 0.2) is 10.6 Å². The fourth-order valence-electron chi connectivity index (χ4n) is 2.64. The topological polar surface area (TPSA) is 75.4 Å². The molecule has 6 nitrogen and oxygen atoms in total. The van der Waals surface area contributed by atoms with Gasteiger partial charge in [-0.05, 0) is 12.3 Å². The third-order valence-corrected chi connectivity index (χ3v) is 3.80. The molecule has 0 radical (unpaired) electrons. The smallest absolute Gasteiger partial charge is 0.246 e. The predicted molar refractivity (Wildman–Crippen MR) is 77.3 cm³/mol. The van der Waals surface area contributed by atoms with Crippen molar-refractivity contribution in [1.82, 2.24) is 15.2 Å². The van der Waals surface area contributed by atoms with Crippen molar-refractivity contribution in [3.8, 4) is 0 Å². The third-order valence-electron chi connectivity index (χ3n) is 3.80. The molecule has 0 aliphatic carbocycles. The molecule has 2 heterocycles. The Bertz CT molecular complexity index is 524. The Morgan fingerprint density at radius 1 is 1.38 bits per heavy atom. The van der Waals surface area contributed by atoms with Crippen molar-refractivity contribution < 1.29 is 14.0 Å². The summed E-state index contributed by atoms with van der Waals surface area (Å²) < 4.78 is 5.58. The summed E-state index contributed by atoms with van der Waals surface area (Å²) in [4.78, 5) is 30.6. The highest BCUT2D eigenvalue weighted by atomic mass is 16.4. The van der Waals surface area contributed by atoms with Crippen LogP contribution in [0.4, 0.5) is 0 Å². The second-order valence-corrected chi connectivity index (χ2v) is 5.70. The minimum atomic E-state index is -0.475. The largest absolute Gasteiger partial charge is 0.444 e. The molecule has 21 heavy (non-hydrogen) atoms. The van der Waals surface area contributed by atoms with Gasteiger partial charge in [-0.3, -0.25) is 9.59 Å². The van der Waals surface area contributed by atoms with Gasteiger partial charge < -0.3 is 14.6 Å². The van der Waals surface area contributed by atoms with Crippen molar-refractivity contribution in [1.29, 1.82) is 0 Å². The second-order valence-electron chi connectivity index (χ2n) is 5.70. The van der Waals surface area contributed by atoms with Gasteiger partial charge in [0.05, 0.1) is 12.7 Å². The van der Waals surface area contributed by atoms with Crippen LogP contribution >= 0.6 is 0 Å². The van der Waals surface area contributed by atoms with Gasteiger partial charge in [-0.1, -0.05) is 27.7 Å². The summed E-state index contributed by atoms with van der Waals surface area (Å²) in [6, 6.07) is -0.926.